The third kappa shape index (κ3) is 3.30. The van der Waals surface area contributed by atoms with Gasteiger partial charge in [-0.05, 0) is 17.7 Å². The average Bonchev–Trinajstić information content (AvgIpc) is 2.54. The van der Waals surface area contributed by atoms with Gasteiger partial charge < -0.3 is 4.74 Å². The number of pyridine rings is 1. The van der Waals surface area contributed by atoms with Crippen LogP contribution in [-0.4, -0.2) is 21.0 Å². The zero-order valence-corrected chi connectivity index (χ0v) is 11.1. The normalized spacial score (nSPS) is 10.3. The number of amides is 1. The van der Waals surface area contributed by atoms with Crippen LogP contribution in [0.4, 0.5) is 10.7 Å². The van der Waals surface area contributed by atoms with Crippen molar-refractivity contribution in [3.05, 3.63) is 60.4 Å². The van der Waals surface area contributed by atoms with Crippen LogP contribution in [-0.2, 0) is 11.3 Å². The summed E-state index contributed by atoms with van der Waals surface area (Å²) in [4.78, 5) is 24.0. The van der Waals surface area contributed by atoms with E-state index >= 15 is 0 Å². The molecule has 0 aliphatic rings. The fourth-order valence-corrected chi connectivity index (χ4v) is 1.78. The molecule has 2 heterocycles. The van der Waals surface area contributed by atoms with Crippen LogP contribution in [0.3, 0.4) is 0 Å². The maximum Gasteiger partial charge on any atom is 0.414 e. The number of hydrogen-bond donors (Lipinski definition) is 1. The first kappa shape index (κ1) is 13.0. The van der Waals surface area contributed by atoms with E-state index in [1.165, 1.54) is 0 Å². The third-order valence-corrected chi connectivity index (χ3v) is 2.78. The Hall–Kier alpha value is -3.02. The van der Waals surface area contributed by atoms with Gasteiger partial charge in [-0.3, -0.25) is 10.3 Å². The van der Waals surface area contributed by atoms with Crippen LogP contribution in [0.1, 0.15) is 5.56 Å². The van der Waals surface area contributed by atoms with Gasteiger partial charge in [0.1, 0.15) is 12.1 Å². The molecule has 1 aromatic carbocycles. The minimum Gasteiger partial charge on any atom is -0.444 e. The molecule has 21 heavy (non-hydrogen) atoms. The summed E-state index contributed by atoms with van der Waals surface area (Å²) in [6.07, 6.45) is 2.62. The van der Waals surface area contributed by atoms with Crippen LogP contribution >= 0.6 is 0 Å². The molecular formula is C15H12N4O2. The van der Waals surface area contributed by atoms with Gasteiger partial charge in [0.05, 0.1) is 11.7 Å². The van der Waals surface area contributed by atoms with E-state index < -0.39 is 6.09 Å². The van der Waals surface area contributed by atoms with Crippen LogP contribution in [0.5, 0.6) is 0 Å². The SMILES string of the molecule is O=C(Nc1ncc2ncccc2n1)OCc1ccccc1. The van der Waals surface area contributed by atoms with E-state index in [1.54, 1.807) is 24.5 Å². The van der Waals surface area contributed by atoms with E-state index in [4.69, 9.17) is 4.74 Å². The van der Waals surface area contributed by atoms with Gasteiger partial charge in [0.2, 0.25) is 5.95 Å². The highest BCUT2D eigenvalue weighted by atomic mass is 16.5. The van der Waals surface area contributed by atoms with Crippen LogP contribution in [0.15, 0.2) is 54.9 Å². The lowest BCUT2D eigenvalue weighted by molar-refractivity contribution is 0.155. The molecule has 6 heteroatoms. The van der Waals surface area contributed by atoms with Crippen LogP contribution in [0.2, 0.25) is 0 Å². The molecule has 0 spiro atoms. The lowest BCUT2D eigenvalue weighted by Crippen LogP contribution is -2.15. The number of carbonyl (C=O) groups excluding carboxylic acids is 1. The molecule has 0 radical (unpaired) electrons. The van der Waals surface area contributed by atoms with E-state index in [9.17, 15) is 4.79 Å². The number of rotatable bonds is 3. The Morgan fingerprint density at radius 3 is 2.76 bits per heavy atom. The quantitative estimate of drug-likeness (QED) is 0.798. The predicted octanol–water partition coefficient (Wildman–Crippen LogP) is 2.77. The second-order valence-electron chi connectivity index (χ2n) is 4.29. The molecule has 104 valence electrons. The minimum absolute atomic E-state index is 0.188. The van der Waals surface area contributed by atoms with E-state index in [0.29, 0.717) is 11.0 Å². The second kappa shape index (κ2) is 5.96. The summed E-state index contributed by atoms with van der Waals surface area (Å²) in [5.74, 6) is 0.188. The molecule has 3 rings (SSSR count). The number of ether oxygens (including phenoxy) is 1. The lowest BCUT2D eigenvalue weighted by atomic mass is 10.2. The Kier molecular flexibility index (Phi) is 3.68. The standard InChI is InChI=1S/C15H12N4O2/c20-15(21-10-11-5-2-1-3-6-11)19-14-17-9-13-12(18-14)7-4-8-16-13/h1-9H,10H2,(H,17,18,19,20). The molecule has 0 bridgehead atoms. The molecule has 0 atom stereocenters. The first-order valence-corrected chi connectivity index (χ1v) is 6.37. The molecule has 0 fully saturated rings. The fraction of sp³-hybridized carbons (Fsp3) is 0.0667. The van der Waals surface area contributed by atoms with Gasteiger partial charge in [-0.1, -0.05) is 30.3 Å². The molecule has 1 N–H and O–H groups in total. The number of nitrogens with one attached hydrogen (secondary N) is 1. The smallest absolute Gasteiger partial charge is 0.414 e. The Bertz CT molecular complexity index is 762. The highest BCUT2D eigenvalue weighted by molar-refractivity contribution is 5.84. The van der Waals surface area contributed by atoms with Gasteiger partial charge in [0.15, 0.2) is 0 Å². The molecule has 0 unspecified atom stereocenters. The van der Waals surface area contributed by atoms with Crippen molar-refractivity contribution in [3.8, 4) is 0 Å². The van der Waals surface area contributed by atoms with Gasteiger partial charge in [-0.25, -0.2) is 14.8 Å². The van der Waals surface area contributed by atoms with Crippen LogP contribution in [0.25, 0.3) is 11.0 Å². The average molecular weight is 280 g/mol. The van der Waals surface area contributed by atoms with E-state index in [2.05, 4.69) is 20.3 Å². The van der Waals surface area contributed by atoms with Crippen molar-refractivity contribution in [2.75, 3.05) is 5.32 Å². The first-order chi connectivity index (χ1) is 10.3. The number of hydrogen-bond acceptors (Lipinski definition) is 5. The summed E-state index contributed by atoms with van der Waals surface area (Å²) in [6.45, 7) is 0.196. The van der Waals surface area contributed by atoms with Crippen molar-refractivity contribution in [1.29, 1.82) is 0 Å². The number of anilines is 1. The van der Waals surface area contributed by atoms with Gasteiger partial charge >= 0.3 is 6.09 Å². The number of carbonyl (C=O) groups is 1. The maximum atomic E-state index is 11.7. The van der Waals surface area contributed by atoms with Crippen molar-refractivity contribution in [1.82, 2.24) is 15.0 Å². The molecule has 2 aromatic heterocycles. The van der Waals surface area contributed by atoms with Gasteiger partial charge in [-0.15, -0.1) is 0 Å². The van der Waals surface area contributed by atoms with Crippen LogP contribution in [0, 0.1) is 0 Å². The number of fused-ring (bicyclic) bond motifs is 1. The summed E-state index contributed by atoms with van der Waals surface area (Å²) < 4.78 is 5.10. The van der Waals surface area contributed by atoms with Crippen molar-refractivity contribution >= 4 is 23.1 Å². The fourth-order valence-electron chi connectivity index (χ4n) is 1.78. The predicted molar refractivity (Wildman–Crippen MR) is 77.6 cm³/mol. The van der Waals surface area contributed by atoms with Crippen molar-refractivity contribution in [3.63, 3.8) is 0 Å². The number of aromatic nitrogens is 3. The van der Waals surface area contributed by atoms with Gasteiger partial charge in [0, 0.05) is 6.20 Å². The molecule has 3 aromatic rings. The van der Waals surface area contributed by atoms with E-state index in [0.717, 1.165) is 5.56 Å². The zero-order chi connectivity index (χ0) is 14.5. The summed E-state index contributed by atoms with van der Waals surface area (Å²) in [7, 11) is 0. The van der Waals surface area contributed by atoms with Crippen molar-refractivity contribution in [2.45, 2.75) is 6.61 Å². The van der Waals surface area contributed by atoms with Gasteiger partial charge in [-0.2, -0.15) is 0 Å². The lowest BCUT2D eigenvalue weighted by Gasteiger charge is -2.06. The molecule has 0 aliphatic carbocycles. The van der Waals surface area contributed by atoms with Crippen molar-refractivity contribution < 1.29 is 9.53 Å². The van der Waals surface area contributed by atoms with E-state index in [1.807, 2.05) is 30.3 Å². The zero-order valence-electron chi connectivity index (χ0n) is 11.1. The second-order valence-corrected chi connectivity index (χ2v) is 4.29. The number of benzene rings is 1. The van der Waals surface area contributed by atoms with Crippen molar-refractivity contribution in [2.24, 2.45) is 0 Å². The third-order valence-electron chi connectivity index (χ3n) is 2.78. The molecule has 0 aliphatic heterocycles. The summed E-state index contributed by atoms with van der Waals surface area (Å²) in [5.41, 5.74) is 2.24. The number of nitrogens with zero attached hydrogens (tertiary/aromatic N) is 3. The largest absolute Gasteiger partial charge is 0.444 e. The Balaban J connectivity index is 1.63. The monoisotopic (exact) mass is 280 g/mol. The molecule has 6 nitrogen and oxygen atoms in total. The van der Waals surface area contributed by atoms with Gasteiger partial charge in [0.25, 0.3) is 0 Å². The summed E-state index contributed by atoms with van der Waals surface area (Å²) in [6, 6.07) is 13.0. The van der Waals surface area contributed by atoms with Crippen LogP contribution < -0.4 is 5.32 Å². The highest BCUT2D eigenvalue weighted by Gasteiger charge is 2.07. The molecule has 1 amide bonds. The molecular weight excluding hydrogens is 268 g/mol. The summed E-state index contributed by atoms with van der Waals surface area (Å²) >= 11 is 0. The Morgan fingerprint density at radius 1 is 1.05 bits per heavy atom. The Labute approximate surface area is 120 Å². The topological polar surface area (TPSA) is 77.0 Å². The highest BCUT2D eigenvalue weighted by Crippen LogP contribution is 2.09. The maximum absolute atomic E-state index is 11.7. The Morgan fingerprint density at radius 2 is 1.90 bits per heavy atom. The minimum atomic E-state index is -0.595. The molecule has 0 saturated heterocycles. The molecule has 0 saturated carbocycles. The summed E-state index contributed by atoms with van der Waals surface area (Å²) in [5, 5.41) is 2.49. The van der Waals surface area contributed by atoms with E-state index in [-0.39, 0.29) is 12.6 Å². The first-order valence-electron chi connectivity index (χ1n) is 6.37.